The first kappa shape index (κ1) is 6.38. The fourth-order valence-electron chi connectivity index (χ4n) is 1.62. The fourth-order valence-corrected chi connectivity index (χ4v) is 2.61. The van der Waals surface area contributed by atoms with Gasteiger partial charge in [-0.05, 0) is 42.3 Å². The third-order valence-corrected chi connectivity index (χ3v) is 3.22. The van der Waals surface area contributed by atoms with Crippen molar-refractivity contribution in [2.75, 3.05) is 6.54 Å². The molecule has 2 rings (SSSR count). The highest BCUT2D eigenvalue weighted by Gasteiger charge is 2.21. The van der Waals surface area contributed by atoms with Crippen LogP contribution in [-0.2, 0) is 6.42 Å². The Bertz CT molecular complexity index is 229. The molecule has 0 saturated carbocycles. The Morgan fingerprint density at radius 1 is 1.70 bits per heavy atom. The van der Waals surface area contributed by atoms with E-state index in [9.17, 15) is 0 Å². The molecule has 2 heteroatoms. The maximum atomic E-state index is 5.61. The van der Waals surface area contributed by atoms with Crippen LogP contribution in [0, 0.1) is 0 Å². The molecule has 1 aromatic rings. The lowest BCUT2D eigenvalue weighted by Gasteiger charge is -2.03. The molecule has 1 nitrogen and oxygen atoms in total. The van der Waals surface area contributed by atoms with Gasteiger partial charge in [0.15, 0.2) is 0 Å². The van der Waals surface area contributed by atoms with Crippen molar-refractivity contribution >= 4 is 11.3 Å². The molecule has 0 saturated heterocycles. The topological polar surface area (TPSA) is 26.0 Å². The van der Waals surface area contributed by atoms with Crippen LogP contribution < -0.4 is 5.73 Å². The van der Waals surface area contributed by atoms with Crippen molar-refractivity contribution in [3.8, 4) is 0 Å². The van der Waals surface area contributed by atoms with Crippen LogP contribution in [-0.4, -0.2) is 6.54 Å². The van der Waals surface area contributed by atoms with Gasteiger partial charge in [-0.15, -0.1) is 11.3 Å². The number of hydrogen-bond acceptors (Lipinski definition) is 2. The predicted octanol–water partition coefficient (Wildman–Crippen LogP) is 1.74. The maximum absolute atomic E-state index is 5.61. The standard InChI is InChI=1S/C8H11NS/c9-5-6-1-2-8-7(6)3-4-10-8/h3-4,6H,1-2,5,9H2/t6-/m1/s1. The van der Waals surface area contributed by atoms with E-state index >= 15 is 0 Å². The van der Waals surface area contributed by atoms with Gasteiger partial charge < -0.3 is 5.73 Å². The molecule has 1 heterocycles. The van der Waals surface area contributed by atoms with Crippen molar-refractivity contribution in [2.24, 2.45) is 5.73 Å². The summed E-state index contributed by atoms with van der Waals surface area (Å²) in [6.07, 6.45) is 2.54. The van der Waals surface area contributed by atoms with E-state index in [0.717, 1.165) is 6.54 Å². The van der Waals surface area contributed by atoms with E-state index in [4.69, 9.17) is 5.73 Å². The van der Waals surface area contributed by atoms with E-state index in [2.05, 4.69) is 11.4 Å². The number of aryl methyl sites for hydroxylation is 1. The molecule has 1 aliphatic rings. The smallest absolute Gasteiger partial charge is 0.00807 e. The van der Waals surface area contributed by atoms with E-state index < -0.39 is 0 Å². The van der Waals surface area contributed by atoms with Gasteiger partial charge in [-0.1, -0.05) is 0 Å². The summed E-state index contributed by atoms with van der Waals surface area (Å²) in [7, 11) is 0. The molecule has 0 aliphatic heterocycles. The summed E-state index contributed by atoms with van der Waals surface area (Å²) < 4.78 is 0. The molecule has 1 aliphatic carbocycles. The molecule has 1 aromatic heterocycles. The van der Waals surface area contributed by atoms with E-state index in [0.29, 0.717) is 5.92 Å². The Morgan fingerprint density at radius 3 is 3.40 bits per heavy atom. The number of nitrogens with two attached hydrogens (primary N) is 1. The minimum atomic E-state index is 0.668. The average molecular weight is 153 g/mol. The first-order valence-corrected chi connectivity index (χ1v) is 4.56. The molecule has 0 radical (unpaired) electrons. The summed E-state index contributed by atoms with van der Waals surface area (Å²) in [4.78, 5) is 1.57. The van der Waals surface area contributed by atoms with Crippen LogP contribution in [0.15, 0.2) is 11.4 Å². The van der Waals surface area contributed by atoms with Gasteiger partial charge in [0.05, 0.1) is 0 Å². The predicted molar refractivity (Wildman–Crippen MR) is 44.4 cm³/mol. The highest BCUT2D eigenvalue weighted by atomic mass is 32.1. The zero-order chi connectivity index (χ0) is 6.97. The Hall–Kier alpha value is -0.340. The molecule has 0 spiro atoms. The number of rotatable bonds is 1. The van der Waals surface area contributed by atoms with Crippen molar-refractivity contribution in [1.82, 2.24) is 0 Å². The largest absolute Gasteiger partial charge is 0.330 e. The monoisotopic (exact) mass is 153 g/mol. The second kappa shape index (κ2) is 2.36. The summed E-state index contributed by atoms with van der Waals surface area (Å²) in [5.41, 5.74) is 7.13. The molecule has 0 amide bonds. The lowest BCUT2D eigenvalue weighted by Crippen LogP contribution is -2.08. The Kier molecular flexibility index (Phi) is 1.51. The van der Waals surface area contributed by atoms with Crippen molar-refractivity contribution in [3.05, 3.63) is 21.9 Å². The van der Waals surface area contributed by atoms with Gasteiger partial charge >= 0.3 is 0 Å². The lowest BCUT2D eigenvalue weighted by atomic mass is 10.1. The molecule has 0 fully saturated rings. The Morgan fingerprint density at radius 2 is 2.60 bits per heavy atom. The molecular formula is C8H11NS. The summed E-state index contributed by atoms with van der Waals surface area (Å²) in [6.45, 7) is 0.823. The summed E-state index contributed by atoms with van der Waals surface area (Å²) in [6, 6.07) is 2.23. The number of hydrogen-bond donors (Lipinski definition) is 1. The lowest BCUT2D eigenvalue weighted by molar-refractivity contribution is 0.688. The van der Waals surface area contributed by atoms with Crippen LogP contribution in [0.25, 0.3) is 0 Å². The fraction of sp³-hybridized carbons (Fsp3) is 0.500. The van der Waals surface area contributed by atoms with E-state index in [1.165, 1.54) is 18.4 Å². The van der Waals surface area contributed by atoms with Crippen molar-refractivity contribution in [1.29, 1.82) is 0 Å². The summed E-state index contributed by atoms with van der Waals surface area (Å²) in [5, 5.41) is 2.17. The van der Waals surface area contributed by atoms with E-state index in [1.54, 1.807) is 4.88 Å². The van der Waals surface area contributed by atoms with Gasteiger partial charge in [0.1, 0.15) is 0 Å². The van der Waals surface area contributed by atoms with Crippen LogP contribution >= 0.6 is 11.3 Å². The second-order valence-electron chi connectivity index (χ2n) is 2.77. The van der Waals surface area contributed by atoms with Crippen molar-refractivity contribution in [3.63, 3.8) is 0 Å². The zero-order valence-electron chi connectivity index (χ0n) is 5.84. The molecule has 0 unspecified atom stereocenters. The van der Waals surface area contributed by atoms with E-state index in [-0.39, 0.29) is 0 Å². The molecule has 1 atom stereocenters. The summed E-state index contributed by atoms with van der Waals surface area (Å²) >= 11 is 1.88. The van der Waals surface area contributed by atoms with Gasteiger partial charge in [-0.2, -0.15) is 0 Å². The molecular weight excluding hydrogens is 142 g/mol. The number of thiophene rings is 1. The SMILES string of the molecule is NC[C@H]1CCc2sccc21. The van der Waals surface area contributed by atoms with Crippen LogP contribution in [0.2, 0.25) is 0 Å². The first-order chi connectivity index (χ1) is 4.92. The van der Waals surface area contributed by atoms with Crippen LogP contribution in [0.5, 0.6) is 0 Å². The highest BCUT2D eigenvalue weighted by molar-refractivity contribution is 7.10. The highest BCUT2D eigenvalue weighted by Crippen LogP contribution is 2.35. The van der Waals surface area contributed by atoms with Gasteiger partial charge in [0.25, 0.3) is 0 Å². The van der Waals surface area contributed by atoms with Crippen LogP contribution in [0.4, 0.5) is 0 Å². The third-order valence-electron chi connectivity index (χ3n) is 2.22. The molecule has 54 valence electrons. The third kappa shape index (κ3) is 0.796. The van der Waals surface area contributed by atoms with Gasteiger partial charge in [-0.25, -0.2) is 0 Å². The first-order valence-electron chi connectivity index (χ1n) is 3.68. The normalized spacial score (nSPS) is 23.1. The second-order valence-corrected chi connectivity index (χ2v) is 3.77. The van der Waals surface area contributed by atoms with Crippen molar-refractivity contribution in [2.45, 2.75) is 18.8 Å². The van der Waals surface area contributed by atoms with E-state index in [1.807, 2.05) is 11.3 Å². The molecule has 10 heavy (non-hydrogen) atoms. The Labute approximate surface area is 64.9 Å². The summed E-state index contributed by atoms with van der Waals surface area (Å²) in [5.74, 6) is 0.668. The minimum Gasteiger partial charge on any atom is -0.330 e. The number of fused-ring (bicyclic) bond motifs is 1. The van der Waals surface area contributed by atoms with Crippen LogP contribution in [0.1, 0.15) is 22.8 Å². The minimum absolute atomic E-state index is 0.668. The Balaban J connectivity index is 2.34. The zero-order valence-corrected chi connectivity index (χ0v) is 6.66. The van der Waals surface area contributed by atoms with Gasteiger partial charge in [0, 0.05) is 4.88 Å². The molecule has 0 aromatic carbocycles. The average Bonchev–Trinajstić information content (AvgIpc) is 2.44. The van der Waals surface area contributed by atoms with Crippen LogP contribution in [0.3, 0.4) is 0 Å². The molecule has 2 N–H and O–H groups in total. The van der Waals surface area contributed by atoms with Gasteiger partial charge in [-0.3, -0.25) is 0 Å². The molecule has 0 bridgehead atoms. The maximum Gasteiger partial charge on any atom is 0.00807 e. The quantitative estimate of drug-likeness (QED) is 0.653. The van der Waals surface area contributed by atoms with Crippen molar-refractivity contribution < 1.29 is 0 Å². The van der Waals surface area contributed by atoms with Gasteiger partial charge in [0.2, 0.25) is 0 Å².